The molecule has 7 heteroatoms. The van der Waals surface area contributed by atoms with Gasteiger partial charge in [0, 0.05) is 19.7 Å². The normalized spacial score (nSPS) is 12.2. The highest BCUT2D eigenvalue weighted by atomic mass is 16.5. The molecule has 0 saturated carbocycles. The molecule has 0 spiro atoms. The van der Waals surface area contributed by atoms with E-state index >= 15 is 0 Å². The van der Waals surface area contributed by atoms with Crippen molar-refractivity contribution in [2.75, 3.05) is 100 Å². The second-order valence-corrected chi connectivity index (χ2v) is 12.4. The summed E-state index contributed by atoms with van der Waals surface area (Å²) >= 11 is 0. The van der Waals surface area contributed by atoms with E-state index < -0.39 is 0 Å². The van der Waals surface area contributed by atoms with Crippen LogP contribution in [0.25, 0.3) is 0 Å². The Kier molecular flexibility index (Phi) is 24.6. The van der Waals surface area contributed by atoms with E-state index in [-0.39, 0.29) is 0 Å². The fourth-order valence-electron chi connectivity index (χ4n) is 5.53. The van der Waals surface area contributed by atoms with Crippen LogP contribution >= 0.6 is 0 Å². The summed E-state index contributed by atoms with van der Waals surface area (Å²) in [4.78, 5) is 10.0. The van der Waals surface area contributed by atoms with Gasteiger partial charge in [0.05, 0.1) is 6.61 Å². The molecule has 0 amide bonds. The third-order valence-electron chi connectivity index (χ3n) is 8.05. The van der Waals surface area contributed by atoms with Crippen molar-refractivity contribution >= 4 is 0 Å². The van der Waals surface area contributed by atoms with Crippen molar-refractivity contribution in [1.29, 1.82) is 0 Å². The van der Waals surface area contributed by atoms with Crippen LogP contribution in [0.1, 0.15) is 76.2 Å². The molecule has 240 valence electrons. The van der Waals surface area contributed by atoms with Gasteiger partial charge in [0.1, 0.15) is 0 Å². The number of hydrogen-bond donors (Lipinski definition) is 2. The van der Waals surface area contributed by atoms with Crippen molar-refractivity contribution in [2.24, 2.45) is 17.4 Å². The molecule has 0 saturated heterocycles. The van der Waals surface area contributed by atoms with Gasteiger partial charge in [0.2, 0.25) is 0 Å². The lowest BCUT2D eigenvalue weighted by Gasteiger charge is -2.28. The molecule has 0 radical (unpaired) electrons. The highest BCUT2D eigenvalue weighted by molar-refractivity contribution is 5.13. The third kappa shape index (κ3) is 23.1. The fraction of sp³-hybridized carbons (Fsp3) is 0.824. The number of unbranched alkanes of at least 4 members (excludes halogenated alkanes) is 5. The monoisotopic (exact) mass is 577 g/mol. The molecule has 0 aromatic heterocycles. The van der Waals surface area contributed by atoms with Crippen LogP contribution in [0.5, 0.6) is 0 Å². The molecule has 0 aliphatic rings. The molecular weight excluding hydrogens is 508 g/mol. The van der Waals surface area contributed by atoms with Crippen molar-refractivity contribution < 1.29 is 4.74 Å². The van der Waals surface area contributed by atoms with Gasteiger partial charge in [-0.25, -0.2) is 0 Å². The average molecular weight is 577 g/mol. The summed E-state index contributed by atoms with van der Waals surface area (Å²) in [6.07, 6.45) is 13.6. The van der Waals surface area contributed by atoms with Crippen LogP contribution in [0.2, 0.25) is 0 Å². The van der Waals surface area contributed by atoms with Gasteiger partial charge in [-0.2, -0.15) is 0 Å². The fourth-order valence-corrected chi connectivity index (χ4v) is 5.53. The molecule has 41 heavy (non-hydrogen) atoms. The molecule has 0 heterocycles. The minimum absolute atomic E-state index is 0.732. The van der Waals surface area contributed by atoms with Crippen LogP contribution in [0.3, 0.4) is 0 Å². The van der Waals surface area contributed by atoms with Crippen LogP contribution in [0.15, 0.2) is 30.3 Å². The van der Waals surface area contributed by atoms with E-state index in [1.807, 2.05) is 0 Å². The molecular formula is C34H68N6O. The van der Waals surface area contributed by atoms with E-state index in [1.165, 1.54) is 96.2 Å². The third-order valence-corrected chi connectivity index (χ3v) is 8.05. The zero-order chi connectivity index (χ0) is 30.0. The summed E-state index contributed by atoms with van der Waals surface area (Å²) in [7, 11) is 9.09. The minimum Gasteiger partial charge on any atom is -0.377 e. The Morgan fingerprint density at radius 2 is 1.02 bits per heavy atom. The largest absolute Gasteiger partial charge is 0.377 e. The molecule has 0 aliphatic carbocycles. The summed E-state index contributed by atoms with van der Waals surface area (Å²) in [5, 5.41) is 0. The van der Waals surface area contributed by atoms with E-state index in [2.05, 4.69) is 78.1 Å². The standard InChI is InChI=1S/C34H68N6O/c1-37(27-16-21-35)23-11-13-25-39(3)30-34(31-40(4)26-14-12-24-38(2)28-17-22-36)20-8-5-6-15-29-41-32-33-18-9-7-10-19-33/h7,9-10,18-19,34H,5-6,8,11-17,20-32,35-36H2,1-4H3. The van der Waals surface area contributed by atoms with Gasteiger partial charge >= 0.3 is 0 Å². The molecule has 0 fully saturated rings. The summed E-state index contributed by atoms with van der Waals surface area (Å²) in [6, 6.07) is 10.5. The maximum Gasteiger partial charge on any atom is 0.0716 e. The molecule has 0 atom stereocenters. The van der Waals surface area contributed by atoms with Crippen molar-refractivity contribution in [3.63, 3.8) is 0 Å². The van der Waals surface area contributed by atoms with Crippen LogP contribution < -0.4 is 11.5 Å². The molecule has 0 bridgehead atoms. The van der Waals surface area contributed by atoms with E-state index in [0.29, 0.717) is 0 Å². The number of nitrogens with two attached hydrogens (primary N) is 2. The van der Waals surface area contributed by atoms with Crippen LogP contribution in [-0.2, 0) is 11.3 Å². The smallest absolute Gasteiger partial charge is 0.0716 e. The van der Waals surface area contributed by atoms with E-state index in [4.69, 9.17) is 16.2 Å². The first kappa shape index (κ1) is 38.0. The van der Waals surface area contributed by atoms with Crippen LogP contribution in [-0.4, -0.2) is 120 Å². The molecule has 1 rings (SSSR count). The maximum atomic E-state index is 5.88. The first-order chi connectivity index (χ1) is 19.9. The van der Waals surface area contributed by atoms with E-state index in [1.54, 1.807) is 0 Å². The lowest BCUT2D eigenvalue weighted by molar-refractivity contribution is 0.116. The van der Waals surface area contributed by atoms with Gasteiger partial charge in [-0.1, -0.05) is 49.6 Å². The zero-order valence-corrected chi connectivity index (χ0v) is 27.6. The SMILES string of the molecule is CN(CCCN)CCCCN(C)CC(CCCCCCOCc1ccccc1)CN(C)CCCCN(C)CCCN. The molecule has 1 aromatic carbocycles. The molecule has 1 aromatic rings. The quantitative estimate of drug-likeness (QED) is 0.133. The topological polar surface area (TPSA) is 74.2 Å². The Morgan fingerprint density at radius 1 is 0.561 bits per heavy atom. The van der Waals surface area contributed by atoms with Gasteiger partial charge in [0.25, 0.3) is 0 Å². The molecule has 0 unspecified atom stereocenters. The van der Waals surface area contributed by atoms with Crippen molar-refractivity contribution in [3.8, 4) is 0 Å². The Morgan fingerprint density at radius 3 is 1.54 bits per heavy atom. The highest BCUT2D eigenvalue weighted by Crippen LogP contribution is 2.15. The van der Waals surface area contributed by atoms with Gasteiger partial charge in [0.15, 0.2) is 0 Å². The maximum absolute atomic E-state index is 5.88. The molecule has 7 nitrogen and oxygen atoms in total. The summed E-state index contributed by atoms with van der Waals surface area (Å²) in [5.74, 6) is 0.735. The van der Waals surface area contributed by atoms with Crippen molar-refractivity contribution in [1.82, 2.24) is 19.6 Å². The predicted octanol–water partition coefficient (Wildman–Crippen LogP) is 4.76. The summed E-state index contributed by atoms with van der Waals surface area (Å²) in [5.41, 5.74) is 12.6. The molecule has 4 N–H and O–H groups in total. The Balaban J connectivity index is 2.33. The minimum atomic E-state index is 0.732. The van der Waals surface area contributed by atoms with Gasteiger partial charge in [-0.3, -0.25) is 0 Å². The van der Waals surface area contributed by atoms with E-state index in [0.717, 1.165) is 64.6 Å². The highest BCUT2D eigenvalue weighted by Gasteiger charge is 2.14. The Bertz CT molecular complexity index is 648. The van der Waals surface area contributed by atoms with Gasteiger partial charge in [-0.05, 0) is 143 Å². The predicted molar refractivity (Wildman–Crippen MR) is 178 cm³/mol. The number of nitrogens with zero attached hydrogens (tertiary/aromatic N) is 4. The zero-order valence-electron chi connectivity index (χ0n) is 27.6. The number of ether oxygens (including phenoxy) is 1. The van der Waals surface area contributed by atoms with Crippen molar-refractivity contribution in [3.05, 3.63) is 35.9 Å². The first-order valence-electron chi connectivity index (χ1n) is 16.7. The van der Waals surface area contributed by atoms with Gasteiger partial charge in [-0.15, -0.1) is 0 Å². The summed E-state index contributed by atoms with van der Waals surface area (Å²) < 4.78 is 5.88. The number of benzene rings is 1. The Hall–Kier alpha value is -1.06. The molecule has 0 aliphatic heterocycles. The van der Waals surface area contributed by atoms with Crippen molar-refractivity contribution in [2.45, 2.75) is 77.2 Å². The van der Waals surface area contributed by atoms with Gasteiger partial charge < -0.3 is 35.8 Å². The van der Waals surface area contributed by atoms with E-state index in [9.17, 15) is 0 Å². The summed E-state index contributed by atoms with van der Waals surface area (Å²) in [6.45, 7) is 12.6. The second-order valence-electron chi connectivity index (χ2n) is 12.4. The second kappa shape index (κ2) is 26.6. The Labute approximate surface area is 254 Å². The van der Waals surface area contributed by atoms with Crippen LogP contribution in [0.4, 0.5) is 0 Å². The number of rotatable bonds is 29. The van der Waals surface area contributed by atoms with Crippen LogP contribution in [0, 0.1) is 5.92 Å². The number of hydrogen-bond acceptors (Lipinski definition) is 7. The lowest BCUT2D eigenvalue weighted by atomic mass is 9.99. The lowest BCUT2D eigenvalue weighted by Crippen LogP contribution is -2.35. The first-order valence-corrected chi connectivity index (χ1v) is 16.7. The average Bonchev–Trinajstić information content (AvgIpc) is 2.97.